The Morgan fingerprint density at radius 1 is 1.10 bits per heavy atom. The highest BCUT2D eigenvalue weighted by Crippen LogP contribution is 2.31. The number of aromatic nitrogens is 2. The topological polar surface area (TPSA) is 46.1 Å². The van der Waals surface area contributed by atoms with Crippen molar-refractivity contribution in [2.45, 2.75) is 30.0 Å². The van der Waals surface area contributed by atoms with Crippen molar-refractivity contribution in [1.82, 2.24) is 14.9 Å². The first-order chi connectivity index (χ1) is 14.1. The van der Waals surface area contributed by atoms with Gasteiger partial charge in [0, 0.05) is 23.7 Å². The summed E-state index contributed by atoms with van der Waals surface area (Å²) in [6, 6.07) is 16.1. The van der Waals surface area contributed by atoms with E-state index in [4.69, 9.17) is 0 Å². The minimum Gasteiger partial charge on any atom is -0.336 e. The van der Waals surface area contributed by atoms with E-state index in [0.29, 0.717) is 12.1 Å². The average Bonchev–Trinajstić information content (AvgIpc) is 3.38. The quantitative estimate of drug-likeness (QED) is 0.337. The molecule has 4 nitrogen and oxygen atoms in total. The number of thiazole rings is 2. The van der Waals surface area contributed by atoms with E-state index in [1.807, 2.05) is 54.9 Å². The maximum Gasteiger partial charge on any atom is 0.253 e. The Morgan fingerprint density at radius 2 is 1.90 bits per heavy atom. The van der Waals surface area contributed by atoms with Gasteiger partial charge in [0.05, 0.1) is 27.5 Å². The standard InChI is InChI=1S/C22H21N3OS3/c1-3-20-23-17(14-27-20)12-25(2)21(26)16-10-8-15(9-11-16)13-28-22-24-18-6-4-5-7-19(18)29-22/h4-11,14H,3,12-13H2,1-2H3. The summed E-state index contributed by atoms with van der Waals surface area (Å²) in [7, 11) is 1.82. The molecule has 7 heteroatoms. The summed E-state index contributed by atoms with van der Waals surface area (Å²) in [6.45, 7) is 2.62. The Morgan fingerprint density at radius 3 is 2.62 bits per heavy atom. The van der Waals surface area contributed by atoms with Crippen LogP contribution in [0.1, 0.15) is 33.5 Å². The number of amides is 1. The second kappa shape index (κ2) is 9.07. The molecule has 4 aromatic rings. The molecule has 0 unspecified atom stereocenters. The number of hydrogen-bond donors (Lipinski definition) is 0. The summed E-state index contributed by atoms with van der Waals surface area (Å²) in [5.74, 6) is 0.851. The molecule has 4 rings (SSSR count). The number of fused-ring (bicyclic) bond motifs is 1. The fourth-order valence-electron chi connectivity index (χ4n) is 2.92. The summed E-state index contributed by atoms with van der Waals surface area (Å²) in [6.07, 6.45) is 0.929. The van der Waals surface area contributed by atoms with Gasteiger partial charge in [0.25, 0.3) is 5.91 Å². The molecule has 1 amide bonds. The molecule has 148 valence electrons. The summed E-state index contributed by atoms with van der Waals surface area (Å²) < 4.78 is 2.28. The van der Waals surface area contributed by atoms with Gasteiger partial charge in [-0.25, -0.2) is 9.97 Å². The van der Waals surface area contributed by atoms with Crippen molar-refractivity contribution in [2.24, 2.45) is 0 Å². The highest BCUT2D eigenvalue weighted by Gasteiger charge is 2.14. The third-order valence-electron chi connectivity index (χ3n) is 4.49. The van der Waals surface area contributed by atoms with Gasteiger partial charge in [0.1, 0.15) is 0 Å². The first-order valence-corrected chi connectivity index (χ1v) is 12.1. The summed E-state index contributed by atoms with van der Waals surface area (Å²) in [4.78, 5) is 23.6. The molecule has 2 aromatic carbocycles. The molecule has 0 aliphatic carbocycles. The molecule has 0 spiro atoms. The van der Waals surface area contributed by atoms with E-state index in [1.165, 1.54) is 10.3 Å². The average molecular weight is 440 g/mol. The van der Waals surface area contributed by atoms with E-state index < -0.39 is 0 Å². The monoisotopic (exact) mass is 439 g/mol. The van der Waals surface area contributed by atoms with E-state index in [2.05, 4.69) is 23.0 Å². The van der Waals surface area contributed by atoms with Crippen LogP contribution < -0.4 is 0 Å². The molecule has 0 bridgehead atoms. The van der Waals surface area contributed by atoms with Crippen LogP contribution in [0.3, 0.4) is 0 Å². The zero-order valence-electron chi connectivity index (χ0n) is 16.3. The Hall–Kier alpha value is -2.22. The Labute approximate surface area is 182 Å². The molecule has 0 N–H and O–H groups in total. The van der Waals surface area contributed by atoms with E-state index in [0.717, 1.165) is 32.7 Å². The molecule has 0 aliphatic heterocycles. The van der Waals surface area contributed by atoms with Crippen molar-refractivity contribution in [2.75, 3.05) is 7.05 Å². The largest absolute Gasteiger partial charge is 0.336 e. The molecule has 2 aromatic heterocycles. The van der Waals surface area contributed by atoms with Gasteiger partial charge < -0.3 is 4.90 Å². The van der Waals surface area contributed by atoms with Crippen molar-refractivity contribution in [3.8, 4) is 0 Å². The molecule has 0 atom stereocenters. The van der Waals surface area contributed by atoms with Crippen molar-refractivity contribution in [1.29, 1.82) is 0 Å². The van der Waals surface area contributed by atoms with Gasteiger partial charge in [-0.1, -0.05) is 43.0 Å². The molecular weight excluding hydrogens is 418 g/mol. The second-order valence-corrected chi connectivity index (χ2v) is 9.88. The van der Waals surface area contributed by atoms with Crippen LogP contribution in [-0.2, 0) is 18.7 Å². The highest BCUT2D eigenvalue weighted by atomic mass is 32.2. The molecule has 2 heterocycles. The number of benzene rings is 2. The third-order valence-corrected chi connectivity index (χ3v) is 7.78. The summed E-state index contributed by atoms with van der Waals surface area (Å²) in [5.41, 5.74) is 3.88. The van der Waals surface area contributed by atoms with Gasteiger partial charge >= 0.3 is 0 Å². The van der Waals surface area contributed by atoms with Crippen LogP contribution in [0.15, 0.2) is 58.3 Å². The Kier molecular flexibility index (Phi) is 6.28. The van der Waals surface area contributed by atoms with Crippen molar-refractivity contribution < 1.29 is 4.79 Å². The molecular formula is C22H21N3OS3. The van der Waals surface area contributed by atoms with Gasteiger partial charge in [0.15, 0.2) is 4.34 Å². The van der Waals surface area contributed by atoms with Gasteiger partial charge in [-0.3, -0.25) is 4.79 Å². The predicted octanol–water partition coefficient (Wildman–Crippen LogP) is 5.88. The van der Waals surface area contributed by atoms with Crippen LogP contribution in [0, 0.1) is 0 Å². The van der Waals surface area contributed by atoms with Crippen LogP contribution in [0.2, 0.25) is 0 Å². The molecule has 29 heavy (non-hydrogen) atoms. The Balaban J connectivity index is 1.35. The first kappa shape index (κ1) is 20.1. The van der Waals surface area contributed by atoms with Crippen LogP contribution in [0.25, 0.3) is 10.2 Å². The van der Waals surface area contributed by atoms with Crippen molar-refractivity contribution in [3.05, 3.63) is 75.7 Å². The zero-order chi connectivity index (χ0) is 20.2. The van der Waals surface area contributed by atoms with E-state index in [1.54, 1.807) is 39.3 Å². The van der Waals surface area contributed by atoms with Gasteiger partial charge in [-0.15, -0.1) is 22.7 Å². The van der Waals surface area contributed by atoms with Gasteiger partial charge in [0.2, 0.25) is 0 Å². The van der Waals surface area contributed by atoms with E-state index in [-0.39, 0.29) is 5.91 Å². The van der Waals surface area contributed by atoms with Crippen LogP contribution in [0.4, 0.5) is 0 Å². The summed E-state index contributed by atoms with van der Waals surface area (Å²) in [5, 5.41) is 3.14. The molecule has 0 saturated carbocycles. The van der Waals surface area contributed by atoms with Gasteiger partial charge in [-0.05, 0) is 36.2 Å². The molecule has 0 saturated heterocycles. The smallest absolute Gasteiger partial charge is 0.253 e. The van der Waals surface area contributed by atoms with Crippen molar-refractivity contribution in [3.63, 3.8) is 0 Å². The number of nitrogens with zero attached hydrogens (tertiary/aromatic N) is 3. The fourth-order valence-corrected chi connectivity index (χ4v) is 5.68. The summed E-state index contributed by atoms with van der Waals surface area (Å²) >= 11 is 5.10. The molecule has 0 fully saturated rings. The van der Waals surface area contributed by atoms with Crippen LogP contribution >= 0.6 is 34.4 Å². The van der Waals surface area contributed by atoms with Crippen molar-refractivity contribution >= 4 is 50.6 Å². The number of carbonyl (C=O) groups excluding carboxylic acids is 1. The fraction of sp³-hybridized carbons (Fsp3) is 0.227. The minimum atomic E-state index is 0.0152. The predicted molar refractivity (Wildman–Crippen MR) is 123 cm³/mol. The second-order valence-electron chi connectivity index (χ2n) is 6.68. The first-order valence-electron chi connectivity index (χ1n) is 9.38. The number of para-hydroxylation sites is 1. The lowest BCUT2D eigenvalue weighted by atomic mass is 10.1. The number of aryl methyl sites for hydroxylation is 1. The van der Waals surface area contributed by atoms with E-state index >= 15 is 0 Å². The zero-order valence-corrected chi connectivity index (χ0v) is 18.7. The maximum absolute atomic E-state index is 12.7. The van der Waals surface area contributed by atoms with Crippen LogP contribution in [-0.4, -0.2) is 27.8 Å². The third kappa shape index (κ3) is 4.86. The van der Waals surface area contributed by atoms with Gasteiger partial charge in [-0.2, -0.15) is 0 Å². The number of hydrogen-bond acceptors (Lipinski definition) is 6. The maximum atomic E-state index is 12.7. The Bertz CT molecular complexity index is 1080. The SMILES string of the molecule is CCc1nc(CN(C)C(=O)c2ccc(CSc3nc4ccccc4s3)cc2)cs1. The highest BCUT2D eigenvalue weighted by molar-refractivity contribution is 8.00. The van der Waals surface area contributed by atoms with E-state index in [9.17, 15) is 4.79 Å². The lowest BCUT2D eigenvalue weighted by molar-refractivity contribution is 0.0783. The number of rotatable bonds is 7. The van der Waals surface area contributed by atoms with Crippen LogP contribution in [0.5, 0.6) is 0 Å². The number of carbonyl (C=O) groups is 1. The minimum absolute atomic E-state index is 0.0152. The molecule has 0 radical (unpaired) electrons. The lowest BCUT2D eigenvalue weighted by Gasteiger charge is -2.16. The molecule has 0 aliphatic rings. The number of thioether (sulfide) groups is 1. The normalized spacial score (nSPS) is 11.1. The lowest BCUT2D eigenvalue weighted by Crippen LogP contribution is -2.26.